The van der Waals surface area contributed by atoms with Crippen LogP contribution in [0.25, 0.3) is 0 Å². The predicted molar refractivity (Wildman–Crippen MR) is 66.4 cm³/mol. The lowest BCUT2D eigenvalue weighted by atomic mass is 9.98. The van der Waals surface area contributed by atoms with Crippen molar-refractivity contribution in [1.29, 1.82) is 0 Å². The zero-order valence-corrected chi connectivity index (χ0v) is 10.5. The van der Waals surface area contributed by atoms with E-state index in [0.717, 1.165) is 0 Å². The lowest BCUT2D eigenvalue weighted by Gasteiger charge is -2.30. The van der Waals surface area contributed by atoms with E-state index in [1.54, 1.807) is 24.2 Å². The Bertz CT molecular complexity index is 547. The van der Waals surface area contributed by atoms with E-state index >= 15 is 0 Å². The van der Waals surface area contributed by atoms with Crippen LogP contribution in [0, 0.1) is 5.92 Å². The second-order valence-corrected chi connectivity index (χ2v) is 4.73. The molecule has 1 aliphatic rings. The second-order valence-electron chi connectivity index (χ2n) is 4.73. The molecule has 2 rings (SSSR count). The summed E-state index contributed by atoms with van der Waals surface area (Å²) in [6.07, 6.45) is 1.98. The van der Waals surface area contributed by atoms with Crippen molar-refractivity contribution < 1.29 is 9.59 Å². The van der Waals surface area contributed by atoms with Crippen LogP contribution >= 0.6 is 0 Å². The smallest absolute Gasteiger partial charge is 0.254 e. The minimum Gasteiger partial charge on any atom is -0.337 e. The number of nitrogens with zero attached hydrogens (tertiary/aromatic N) is 2. The highest BCUT2D eigenvalue weighted by Gasteiger charge is 2.27. The number of pyridine rings is 1. The molecule has 0 aliphatic carbocycles. The van der Waals surface area contributed by atoms with E-state index < -0.39 is 0 Å². The summed E-state index contributed by atoms with van der Waals surface area (Å²) in [7, 11) is 1.64. The number of piperidine rings is 1. The molecule has 0 saturated carbocycles. The minimum absolute atomic E-state index is 0.116. The summed E-state index contributed by atoms with van der Waals surface area (Å²) in [5.41, 5.74) is 0.182. The number of carbonyl (C=O) groups excluding carboxylic acids is 2. The van der Waals surface area contributed by atoms with Gasteiger partial charge in [-0.1, -0.05) is 6.92 Å². The maximum atomic E-state index is 12.2. The fourth-order valence-electron chi connectivity index (χ4n) is 2.06. The Morgan fingerprint density at radius 2 is 2.11 bits per heavy atom. The molecule has 1 amide bonds. The van der Waals surface area contributed by atoms with Crippen molar-refractivity contribution >= 4 is 11.7 Å². The summed E-state index contributed by atoms with van der Waals surface area (Å²) in [5, 5.41) is 0. The third-order valence-corrected chi connectivity index (χ3v) is 3.31. The second kappa shape index (κ2) is 4.76. The first-order chi connectivity index (χ1) is 8.49. The monoisotopic (exact) mass is 248 g/mol. The number of ketones is 1. The first-order valence-corrected chi connectivity index (χ1v) is 5.97. The minimum atomic E-state index is -0.206. The number of Topliss-reactive ketones (excluding diaryl/α,β-unsaturated/α-hetero) is 1. The van der Waals surface area contributed by atoms with Gasteiger partial charge in [-0.2, -0.15) is 0 Å². The third-order valence-electron chi connectivity index (χ3n) is 3.31. The Morgan fingerprint density at radius 1 is 1.39 bits per heavy atom. The molecule has 5 heteroatoms. The first-order valence-electron chi connectivity index (χ1n) is 5.97. The standard InChI is InChI=1S/C13H16N2O3/c1-9-8-15(6-4-11(9)16)13(18)10-3-5-14(2)12(17)7-10/h3,5,7,9H,4,6,8H2,1-2H3. The molecule has 18 heavy (non-hydrogen) atoms. The summed E-state index contributed by atoms with van der Waals surface area (Å²) in [5.74, 6) is -0.0932. The summed E-state index contributed by atoms with van der Waals surface area (Å²) in [6, 6.07) is 2.97. The van der Waals surface area contributed by atoms with Gasteiger partial charge in [0.15, 0.2) is 0 Å². The van der Waals surface area contributed by atoms with Gasteiger partial charge in [0.1, 0.15) is 5.78 Å². The van der Waals surface area contributed by atoms with Crippen LogP contribution < -0.4 is 5.56 Å². The SMILES string of the molecule is CC1CN(C(=O)c2ccn(C)c(=O)c2)CCC1=O. The van der Waals surface area contributed by atoms with Crippen LogP contribution in [0.3, 0.4) is 0 Å². The topological polar surface area (TPSA) is 59.4 Å². The molecular formula is C13H16N2O3. The molecule has 0 spiro atoms. The molecule has 1 unspecified atom stereocenters. The van der Waals surface area contributed by atoms with Crippen molar-refractivity contribution in [2.24, 2.45) is 13.0 Å². The number of carbonyl (C=O) groups is 2. The summed E-state index contributed by atoms with van der Waals surface area (Å²) in [4.78, 5) is 36.7. The fourth-order valence-corrected chi connectivity index (χ4v) is 2.06. The molecule has 1 atom stereocenters. The average Bonchev–Trinajstić information content (AvgIpc) is 2.35. The van der Waals surface area contributed by atoms with Crippen LogP contribution in [0.5, 0.6) is 0 Å². The molecule has 1 aliphatic heterocycles. The van der Waals surface area contributed by atoms with Crippen molar-refractivity contribution in [2.75, 3.05) is 13.1 Å². The van der Waals surface area contributed by atoms with E-state index in [4.69, 9.17) is 0 Å². The van der Waals surface area contributed by atoms with Crippen molar-refractivity contribution in [3.8, 4) is 0 Å². The summed E-state index contributed by atoms with van der Waals surface area (Å²) < 4.78 is 1.42. The van der Waals surface area contributed by atoms with Crippen molar-refractivity contribution in [1.82, 2.24) is 9.47 Å². The molecule has 96 valence electrons. The van der Waals surface area contributed by atoms with Crippen LogP contribution in [0.1, 0.15) is 23.7 Å². The van der Waals surface area contributed by atoms with Crippen molar-refractivity contribution in [3.63, 3.8) is 0 Å². The number of rotatable bonds is 1. The van der Waals surface area contributed by atoms with Gasteiger partial charge in [-0.15, -0.1) is 0 Å². The molecular weight excluding hydrogens is 232 g/mol. The normalized spacial score (nSPS) is 20.0. The molecule has 0 N–H and O–H groups in total. The van der Waals surface area contributed by atoms with Crippen LogP contribution in [0.2, 0.25) is 0 Å². The average molecular weight is 248 g/mol. The first kappa shape index (κ1) is 12.5. The van der Waals surface area contributed by atoms with Gasteiger partial charge < -0.3 is 9.47 Å². The number of aromatic nitrogens is 1. The van der Waals surface area contributed by atoms with Gasteiger partial charge in [0.25, 0.3) is 11.5 Å². The van der Waals surface area contributed by atoms with E-state index in [0.29, 0.717) is 25.1 Å². The molecule has 0 bridgehead atoms. The van der Waals surface area contributed by atoms with Gasteiger partial charge >= 0.3 is 0 Å². The van der Waals surface area contributed by atoms with Gasteiger partial charge in [0.2, 0.25) is 0 Å². The van der Waals surface area contributed by atoms with Crippen LogP contribution in [0.4, 0.5) is 0 Å². The Kier molecular flexibility index (Phi) is 3.32. The van der Waals surface area contributed by atoms with E-state index in [2.05, 4.69) is 0 Å². The van der Waals surface area contributed by atoms with E-state index in [1.807, 2.05) is 6.92 Å². The molecule has 0 aromatic carbocycles. The Morgan fingerprint density at radius 3 is 2.72 bits per heavy atom. The predicted octanol–water partition coefficient (Wildman–Crippen LogP) is 0.436. The maximum Gasteiger partial charge on any atom is 0.254 e. The van der Waals surface area contributed by atoms with Gasteiger partial charge in [-0.3, -0.25) is 14.4 Å². The number of hydrogen-bond donors (Lipinski definition) is 0. The highest BCUT2D eigenvalue weighted by atomic mass is 16.2. The summed E-state index contributed by atoms with van der Waals surface area (Å²) >= 11 is 0. The van der Waals surface area contributed by atoms with Gasteiger partial charge in [-0.05, 0) is 6.07 Å². The molecule has 2 heterocycles. The Balaban J connectivity index is 2.19. The highest BCUT2D eigenvalue weighted by Crippen LogP contribution is 2.14. The van der Waals surface area contributed by atoms with Crippen LogP contribution in [-0.4, -0.2) is 34.2 Å². The zero-order chi connectivity index (χ0) is 13.3. The zero-order valence-electron chi connectivity index (χ0n) is 10.5. The largest absolute Gasteiger partial charge is 0.337 e. The fraction of sp³-hybridized carbons (Fsp3) is 0.462. The van der Waals surface area contributed by atoms with Crippen molar-refractivity contribution in [2.45, 2.75) is 13.3 Å². The number of amides is 1. The van der Waals surface area contributed by atoms with Crippen LogP contribution in [-0.2, 0) is 11.8 Å². The Hall–Kier alpha value is -1.91. The van der Waals surface area contributed by atoms with E-state index in [1.165, 1.54) is 10.6 Å². The quantitative estimate of drug-likeness (QED) is 0.724. The number of likely N-dealkylation sites (tertiary alicyclic amines) is 1. The molecule has 1 aromatic heterocycles. The van der Waals surface area contributed by atoms with E-state index in [9.17, 15) is 14.4 Å². The van der Waals surface area contributed by atoms with Gasteiger partial charge in [-0.25, -0.2) is 0 Å². The lowest BCUT2D eigenvalue weighted by Crippen LogP contribution is -2.43. The van der Waals surface area contributed by atoms with Gasteiger partial charge in [0.05, 0.1) is 0 Å². The molecule has 1 saturated heterocycles. The number of aryl methyl sites for hydroxylation is 1. The Labute approximate surface area is 105 Å². The maximum absolute atomic E-state index is 12.2. The molecule has 1 fully saturated rings. The van der Waals surface area contributed by atoms with Gasteiger partial charge in [0, 0.05) is 50.3 Å². The molecule has 0 radical (unpaired) electrons. The van der Waals surface area contributed by atoms with E-state index in [-0.39, 0.29) is 23.2 Å². The third kappa shape index (κ3) is 2.34. The molecule has 1 aromatic rings. The summed E-state index contributed by atoms with van der Waals surface area (Å²) in [6.45, 7) is 2.70. The van der Waals surface area contributed by atoms with Crippen LogP contribution in [0.15, 0.2) is 23.1 Å². The van der Waals surface area contributed by atoms with Crippen molar-refractivity contribution in [3.05, 3.63) is 34.2 Å². The lowest BCUT2D eigenvalue weighted by molar-refractivity contribution is -0.124. The number of hydrogen-bond acceptors (Lipinski definition) is 3. The molecule has 5 nitrogen and oxygen atoms in total. The highest BCUT2D eigenvalue weighted by molar-refractivity contribution is 5.95.